The van der Waals surface area contributed by atoms with Crippen LogP contribution in [0, 0.1) is 5.92 Å². The predicted molar refractivity (Wildman–Crippen MR) is 123 cm³/mol. The number of urea groups is 1. The third-order valence-corrected chi connectivity index (χ3v) is 7.12. The summed E-state index contributed by atoms with van der Waals surface area (Å²) in [5, 5.41) is 3.04. The smallest absolute Gasteiger partial charge is 0.318 e. The Morgan fingerprint density at radius 2 is 1.73 bits per heavy atom. The molecule has 1 N–H and O–H groups in total. The van der Waals surface area contributed by atoms with E-state index in [0.29, 0.717) is 25.6 Å². The summed E-state index contributed by atoms with van der Waals surface area (Å²) in [4.78, 5) is 42.8. The van der Waals surface area contributed by atoms with Gasteiger partial charge in [-0.25, -0.2) is 4.79 Å². The number of likely N-dealkylation sites (N-methyl/N-ethyl adjacent to an activating group) is 1. The first-order valence-electron chi connectivity index (χ1n) is 11.5. The number of nitrogens with one attached hydrogen (secondary N) is 1. The number of hydrogen-bond donors (Lipinski definition) is 1. The summed E-state index contributed by atoms with van der Waals surface area (Å²) >= 11 is 1.31. The number of carbonyl (C=O) groups excluding carboxylic acids is 3. The molecular weight excluding hydrogens is 400 g/mol. The van der Waals surface area contributed by atoms with Crippen LogP contribution in [0.25, 0.3) is 0 Å². The second kappa shape index (κ2) is 13.2. The van der Waals surface area contributed by atoms with Crippen molar-refractivity contribution in [3.05, 3.63) is 0 Å². The highest BCUT2D eigenvalue weighted by molar-refractivity contribution is 8.13. The third-order valence-electron chi connectivity index (χ3n) is 6.22. The van der Waals surface area contributed by atoms with E-state index in [0.717, 1.165) is 38.2 Å². The van der Waals surface area contributed by atoms with E-state index in [9.17, 15) is 14.4 Å². The van der Waals surface area contributed by atoms with E-state index in [4.69, 9.17) is 0 Å². The van der Waals surface area contributed by atoms with Gasteiger partial charge in [0.15, 0.2) is 5.12 Å². The molecule has 1 atom stereocenters. The van der Waals surface area contributed by atoms with E-state index in [2.05, 4.69) is 17.3 Å². The Bertz CT molecular complexity index is 561. The van der Waals surface area contributed by atoms with Crippen LogP contribution in [-0.4, -0.2) is 89.9 Å². The van der Waals surface area contributed by atoms with Gasteiger partial charge in [0.1, 0.15) is 6.04 Å². The molecule has 7 nitrogen and oxygen atoms in total. The highest BCUT2D eigenvalue weighted by Gasteiger charge is 2.26. The lowest BCUT2D eigenvalue weighted by molar-refractivity contribution is -0.134. The van der Waals surface area contributed by atoms with Crippen molar-refractivity contribution in [2.45, 2.75) is 64.8 Å². The van der Waals surface area contributed by atoms with E-state index in [-0.39, 0.29) is 17.1 Å². The molecule has 0 aromatic heterocycles. The van der Waals surface area contributed by atoms with Gasteiger partial charge in [-0.1, -0.05) is 43.9 Å². The summed E-state index contributed by atoms with van der Waals surface area (Å²) in [6.07, 6.45) is 8.24. The fraction of sp³-hybridized carbons (Fsp3) is 0.864. The summed E-state index contributed by atoms with van der Waals surface area (Å²) < 4.78 is 0. The minimum absolute atomic E-state index is 0.00387. The van der Waals surface area contributed by atoms with Crippen molar-refractivity contribution in [1.29, 1.82) is 0 Å². The summed E-state index contributed by atoms with van der Waals surface area (Å²) in [7, 11) is 2.06. The number of rotatable bonds is 9. The third kappa shape index (κ3) is 8.84. The molecule has 3 amide bonds. The van der Waals surface area contributed by atoms with Crippen LogP contribution >= 0.6 is 11.8 Å². The number of hydrogen-bond acceptors (Lipinski definition) is 5. The van der Waals surface area contributed by atoms with Gasteiger partial charge in [0.25, 0.3) is 0 Å². The van der Waals surface area contributed by atoms with Crippen molar-refractivity contribution in [1.82, 2.24) is 20.0 Å². The number of thioether (sulfide) groups is 1. The molecule has 2 rings (SSSR count). The number of nitrogens with zero attached hydrogens (tertiary/aromatic N) is 3. The molecule has 0 radical (unpaired) electrons. The van der Waals surface area contributed by atoms with Crippen LogP contribution in [-0.2, 0) is 9.59 Å². The molecule has 0 spiro atoms. The Kier molecular flexibility index (Phi) is 11.0. The molecule has 0 aromatic carbocycles. The van der Waals surface area contributed by atoms with Crippen LogP contribution < -0.4 is 5.32 Å². The molecule has 2 fully saturated rings. The maximum atomic E-state index is 13.0. The highest BCUT2D eigenvalue weighted by Crippen LogP contribution is 2.26. The fourth-order valence-corrected chi connectivity index (χ4v) is 4.80. The van der Waals surface area contributed by atoms with Crippen LogP contribution in [0.3, 0.4) is 0 Å². The Hall–Kier alpha value is -1.28. The Labute approximate surface area is 186 Å². The van der Waals surface area contributed by atoms with Crippen molar-refractivity contribution >= 4 is 28.8 Å². The highest BCUT2D eigenvalue weighted by atomic mass is 32.2. The van der Waals surface area contributed by atoms with Crippen LogP contribution in [0.1, 0.15) is 58.8 Å². The minimum Gasteiger partial charge on any atom is -0.338 e. The largest absolute Gasteiger partial charge is 0.338 e. The van der Waals surface area contributed by atoms with Crippen molar-refractivity contribution in [3.63, 3.8) is 0 Å². The number of piperazine rings is 1. The normalized spacial score (nSPS) is 19.4. The molecule has 1 aliphatic carbocycles. The Balaban J connectivity index is 1.85. The number of carbonyl (C=O) groups is 3. The first-order chi connectivity index (χ1) is 14.4. The van der Waals surface area contributed by atoms with Gasteiger partial charge in [0.05, 0.1) is 0 Å². The van der Waals surface area contributed by atoms with Crippen LogP contribution in [0.2, 0.25) is 0 Å². The lowest BCUT2D eigenvalue weighted by Gasteiger charge is -2.34. The zero-order valence-corrected chi connectivity index (χ0v) is 19.8. The maximum Gasteiger partial charge on any atom is 0.318 e. The first-order valence-corrected chi connectivity index (χ1v) is 12.5. The van der Waals surface area contributed by atoms with Crippen LogP contribution in [0.15, 0.2) is 0 Å². The van der Waals surface area contributed by atoms with E-state index < -0.39 is 6.04 Å². The van der Waals surface area contributed by atoms with Gasteiger partial charge in [-0.15, -0.1) is 0 Å². The van der Waals surface area contributed by atoms with E-state index in [1.807, 2.05) is 9.80 Å². The second-order valence-corrected chi connectivity index (χ2v) is 10.0. The summed E-state index contributed by atoms with van der Waals surface area (Å²) in [5.41, 5.74) is 0. The minimum atomic E-state index is -0.523. The van der Waals surface area contributed by atoms with Gasteiger partial charge in [-0.05, 0) is 32.7 Å². The first kappa shape index (κ1) is 25.0. The number of amides is 3. The zero-order valence-electron chi connectivity index (χ0n) is 19.0. The van der Waals surface area contributed by atoms with Crippen molar-refractivity contribution in [2.75, 3.05) is 52.1 Å². The molecule has 172 valence electrons. The second-order valence-electron chi connectivity index (χ2n) is 8.77. The monoisotopic (exact) mass is 440 g/mol. The summed E-state index contributed by atoms with van der Waals surface area (Å²) in [6, 6.07) is -0.682. The molecular formula is C22H40N4O3S. The van der Waals surface area contributed by atoms with Crippen LogP contribution in [0.5, 0.6) is 0 Å². The molecule has 8 heteroatoms. The summed E-state index contributed by atoms with van der Waals surface area (Å²) in [6.45, 7) is 7.85. The molecule has 0 unspecified atom stereocenters. The lowest BCUT2D eigenvalue weighted by Crippen LogP contribution is -2.55. The topological polar surface area (TPSA) is 73.0 Å². The molecule has 2 aliphatic rings. The average molecular weight is 441 g/mol. The van der Waals surface area contributed by atoms with Gasteiger partial charge in [0.2, 0.25) is 5.91 Å². The average Bonchev–Trinajstić information content (AvgIpc) is 2.73. The molecule has 30 heavy (non-hydrogen) atoms. The molecule has 1 saturated heterocycles. The van der Waals surface area contributed by atoms with Crippen molar-refractivity contribution in [3.8, 4) is 0 Å². The summed E-state index contributed by atoms with van der Waals surface area (Å²) in [5.74, 6) is 1.42. The quantitative estimate of drug-likeness (QED) is 0.558. The fourth-order valence-electron chi connectivity index (χ4n) is 4.24. The standard InChI is InChI=1S/C22H40N4O3S/c1-18(21(28)25-15-13-24(3)14-16-25)23-22(29)26(11-7-17-30-19(2)27)12-10-20-8-5-4-6-9-20/h18,20H,4-17H2,1-3H3,(H,23,29)/t18-/m0/s1. The van der Waals surface area contributed by atoms with Gasteiger partial charge in [-0.3, -0.25) is 9.59 Å². The van der Waals surface area contributed by atoms with E-state index >= 15 is 0 Å². The van der Waals surface area contributed by atoms with Gasteiger partial charge >= 0.3 is 6.03 Å². The van der Waals surface area contributed by atoms with E-state index in [1.165, 1.54) is 43.9 Å². The predicted octanol–water partition coefficient (Wildman–Crippen LogP) is 2.80. The van der Waals surface area contributed by atoms with Gasteiger partial charge in [0, 0.05) is 51.9 Å². The van der Waals surface area contributed by atoms with Gasteiger partial charge < -0.3 is 20.0 Å². The molecule has 0 aromatic rings. The van der Waals surface area contributed by atoms with E-state index in [1.54, 1.807) is 13.8 Å². The Morgan fingerprint density at radius 1 is 1.07 bits per heavy atom. The SMILES string of the molecule is CC(=O)SCCCN(CCC1CCCCC1)C(=O)N[C@@H](C)C(=O)N1CCN(C)CC1. The lowest BCUT2D eigenvalue weighted by atomic mass is 9.87. The zero-order chi connectivity index (χ0) is 21.9. The molecule has 1 saturated carbocycles. The Morgan fingerprint density at radius 3 is 2.37 bits per heavy atom. The van der Waals surface area contributed by atoms with Crippen molar-refractivity contribution < 1.29 is 14.4 Å². The maximum absolute atomic E-state index is 13.0. The van der Waals surface area contributed by atoms with Crippen molar-refractivity contribution in [2.24, 2.45) is 5.92 Å². The molecule has 1 aliphatic heterocycles. The molecule has 0 bridgehead atoms. The van der Waals surface area contributed by atoms with Gasteiger partial charge in [-0.2, -0.15) is 0 Å². The molecule has 1 heterocycles. The van der Waals surface area contributed by atoms with Crippen LogP contribution in [0.4, 0.5) is 4.79 Å².